The van der Waals surface area contributed by atoms with Crippen molar-refractivity contribution in [1.29, 1.82) is 0 Å². The summed E-state index contributed by atoms with van der Waals surface area (Å²) >= 11 is 0. The molecule has 2 rings (SSSR count). The summed E-state index contributed by atoms with van der Waals surface area (Å²) in [6, 6.07) is 9.37. The van der Waals surface area contributed by atoms with Crippen molar-refractivity contribution >= 4 is 5.97 Å². The number of carbonyl (C=O) groups excluding carboxylic acids is 1. The maximum absolute atomic E-state index is 11.5. The summed E-state index contributed by atoms with van der Waals surface area (Å²) in [5.41, 5.74) is 0. The van der Waals surface area contributed by atoms with Crippen molar-refractivity contribution in [2.45, 2.75) is 18.9 Å². The van der Waals surface area contributed by atoms with Crippen molar-refractivity contribution in [2.75, 3.05) is 19.8 Å². The van der Waals surface area contributed by atoms with Crippen LogP contribution in [0.3, 0.4) is 0 Å². The van der Waals surface area contributed by atoms with E-state index < -0.39 is 0 Å². The lowest BCUT2D eigenvalue weighted by Crippen LogP contribution is -2.33. The molecule has 0 saturated carbocycles. The molecule has 1 aromatic carbocycles. The van der Waals surface area contributed by atoms with E-state index in [1.807, 2.05) is 30.3 Å². The molecule has 0 bridgehead atoms. The second kappa shape index (κ2) is 6.25. The molecule has 1 fully saturated rings. The van der Waals surface area contributed by atoms with Gasteiger partial charge in [0.15, 0.2) is 0 Å². The topological polar surface area (TPSA) is 47.6 Å². The van der Waals surface area contributed by atoms with Crippen LogP contribution in [-0.4, -0.2) is 31.8 Å². The van der Waals surface area contributed by atoms with Crippen LogP contribution >= 0.6 is 0 Å². The molecule has 92 valence electrons. The smallest absolute Gasteiger partial charge is 0.323 e. The summed E-state index contributed by atoms with van der Waals surface area (Å²) < 4.78 is 10.5. The Kier molecular flexibility index (Phi) is 4.38. The Balaban J connectivity index is 1.61. The Morgan fingerprint density at radius 1 is 1.29 bits per heavy atom. The maximum atomic E-state index is 11.5. The molecule has 4 nitrogen and oxygen atoms in total. The van der Waals surface area contributed by atoms with Gasteiger partial charge in [0.25, 0.3) is 0 Å². The Morgan fingerprint density at radius 3 is 2.82 bits per heavy atom. The number of rotatable bonds is 5. The maximum Gasteiger partial charge on any atom is 0.323 e. The molecule has 1 aromatic rings. The van der Waals surface area contributed by atoms with Crippen LogP contribution in [0.4, 0.5) is 0 Å². The molecule has 0 unspecified atom stereocenters. The van der Waals surface area contributed by atoms with Crippen molar-refractivity contribution in [3.63, 3.8) is 0 Å². The minimum absolute atomic E-state index is 0.119. The molecule has 1 heterocycles. The van der Waals surface area contributed by atoms with E-state index in [9.17, 15) is 4.79 Å². The first-order valence-corrected chi connectivity index (χ1v) is 5.94. The Morgan fingerprint density at radius 2 is 2.12 bits per heavy atom. The van der Waals surface area contributed by atoms with Crippen molar-refractivity contribution in [2.24, 2.45) is 0 Å². The van der Waals surface area contributed by atoms with E-state index >= 15 is 0 Å². The van der Waals surface area contributed by atoms with Gasteiger partial charge < -0.3 is 14.8 Å². The number of ether oxygens (including phenoxy) is 2. The molecule has 0 aromatic heterocycles. The van der Waals surface area contributed by atoms with Crippen molar-refractivity contribution in [1.82, 2.24) is 5.32 Å². The number of hydrogen-bond donors (Lipinski definition) is 1. The van der Waals surface area contributed by atoms with Gasteiger partial charge in [-0.05, 0) is 31.5 Å². The lowest BCUT2D eigenvalue weighted by molar-refractivity contribution is -0.146. The van der Waals surface area contributed by atoms with Gasteiger partial charge in [0.05, 0.1) is 0 Å². The van der Waals surface area contributed by atoms with Gasteiger partial charge >= 0.3 is 5.97 Å². The average Bonchev–Trinajstić information content (AvgIpc) is 2.89. The van der Waals surface area contributed by atoms with Gasteiger partial charge in [-0.1, -0.05) is 18.2 Å². The van der Waals surface area contributed by atoms with Crippen LogP contribution in [-0.2, 0) is 9.53 Å². The molecule has 4 heteroatoms. The third-order valence-electron chi connectivity index (χ3n) is 2.68. The van der Waals surface area contributed by atoms with E-state index in [1.54, 1.807) is 0 Å². The van der Waals surface area contributed by atoms with Gasteiger partial charge in [-0.2, -0.15) is 0 Å². The van der Waals surface area contributed by atoms with Crippen LogP contribution in [0.5, 0.6) is 5.75 Å². The van der Waals surface area contributed by atoms with E-state index in [2.05, 4.69) is 5.32 Å². The third kappa shape index (κ3) is 3.75. The molecule has 17 heavy (non-hydrogen) atoms. The second-order valence-electron chi connectivity index (χ2n) is 3.98. The highest BCUT2D eigenvalue weighted by Gasteiger charge is 2.22. The second-order valence-corrected chi connectivity index (χ2v) is 3.98. The van der Waals surface area contributed by atoms with Crippen LogP contribution < -0.4 is 10.1 Å². The lowest BCUT2D eigenvalue weighted by atomic mass is 10.2. The number of benzene rings is 1. The van der Waals surface area contributed by atoms with Gasteiger partial charge in [-0.25, -0.2) is 0 Å². The minimum atomic E-state index is -0.167. The average molecular weight is 235 g/mol. The summed E-state index contributed by atoms with van der Waals surface area (Å²) in [6.07, 6.45) is 1.92. The van der Waals surface area contributed by atoms with Gasteiger partial charge in [0.2, 0.25) is 0 Å². The quantitative estimate of drug-likeness (QED) is 0.618. The first-order valence-electron chi connectivity index (χ1n) is 5.94. The van der Waals surface area contributed by atoms with E-state index in [1.165, 1.54) is 0 Å². The third-order valence-corrected chi connectivity index (χ3v) is 2.68. The molecule has 1 saturated heterocycles. The zero-order valence-electron chi connectivity index (χ0n) is 9.72. The highest BCUT2D eigenvalue weighted by Crippen LogP contribution is 2.08. The van der Waals surface area contributed by atoms with Crippen LogP contribution in [0.1, 0.15) is 12.8 Å². The standard InChI is InChI=1S/C13H17NO3/c15-13(12-7-4-8-14-12)17-10-9-16-11-5-2-1-3-6-11/h1-3,5-6,12,14H,4,7-10H2/t12-/m0/s1. The van der Waals surface area contributed by atoms with Crippen molar-refractivity contribution in [3.8, 4) is 5.75 Å². The highest BCUT2D eigenvalue weighted by molar-refractivity contribution is 5.76. The summed E-state index contributed by atoms with van der Waals surface area (Å²) in [4.78, 5) is 11.5. The molecule has 0 amide bonds. The molecule has 1 aliphatic rings. The van der Waals surface area contributed by atoms with Gasteiger partial charge in [-0.15, -0.1) is 0 Å². The molecule has 0 radical (unpaired) electrons. The lowest BCUT2D eigenvalue weighted by Gasteiger charge is -2.10. The van der Waals surface area contributed by atoms with Crippen LogP contribution in [0.15, 0.2) is 30.3 Å². The van der Waals surface area contributed by atoms with Crippen molar-refractivity contribution < 1.29 is 14.3 Å². The minimum Gasteiger partial charge on any atom is -0.490 e. The molecule has 1 atom stereocenters. The van der Waals surface area contributed by atoms with E-state index in [4.69, 9.17) is 9.47 Å². The molecule has 1 aliphatic heterocycles. The van der Waals surface area contributed by atoms with E-state index in [0.717, 1.165) is 25.1 Å². The van der Waals surface area contributed by atoms with Crippen molar-refractivity contribution in [3.05, 3.63) is 30.3 Å². The Hall–Kier alpha value is -1.55. The Labute approximate surface area is 101 Å². The van der Waals surface area contributed by atoms with E-state index in [0.29, 0.717) is 13.2 Å². The summed E-state index contributed by atoms with van der Waals surface area (Å²) in [5, 5.41) is 3.10. The number of nitrogens with one attached hydrogen (secondary N) is 1. The molecule has 0 spiro atoms. The predicted molar refractivity (Wildman–Crippen MR) is 63.9 cm³/mol. The molecule has 1 N–H and O–H groups in total. The first kappa shape index (κ1) is 11.9. The number of carbonyl (C=O) groups is 1. The zero-order valence-corrected chi connectivity index (χ0v) is 9.72. The fourth-order valence-corrected chi connectivity index (χ4v) is 1.80. The Bertz CT molecular complexity index is 347. The SMILES string of the molecule is O=C(OCCOc1ccccc1)[C@@H]1CCCN1. The fraction of sp³-hybridized carbons (Fsp3) is 0.462. The number of para-hydroxylation sites is 1. The molecule has 0 aliphatic carbocycles. The number of esters is 1. The normalized spacial score (nSPS) is 18.9. The molecular formula is C13H17NO3. The monoisotopic (exact) mass is 235 g/mol. The predicted octanol–water partition coefficient (Wildman–Crippen LogP) is 1.36. The van der Waals surface area contributed by atoms with Gasteiger partial charge in [0, 0.05) is 0 Å². The summed E-state index contributed by atoms with van der Waals surface area (Å²) in [7, 11) is 0. The molecular weight excluding hydrogens is 218 g/mol. The van der Waals surface area contributed by atoms with Crippen LogP contribution in [0.2, 0.25) is 0 Å². The summed E-state index contributed by atoms with van der Waals surface area (Å²) in [6.45, 7) is 1.59. The van der Waals surface area contributed by atoms with Crippen LogP contribution in [0, 0.1) is 0 Å². The van der Waals surface area contributed by atoms with Gasteiger partial charge in [0.1, 0.15) is 25.0 Å². The largest absolute Gasteiger partial charge is 0.490 e. The van der Waals surface area contributed by atoms with Gasteiger partial charge in [-0.3, -0.25) is 4.79 Å². The highest BCUT2D eigenvalue weighted by atomic mass is 16.6. The zero-order chi connectivity index (χ0) is 11.9. The first-order chi connectivity index (χ1) is 8.36. The summed E-state index contributed by atoms with van der Waals surface area (Å²) in [5.74, 6) is 0.627. The van der Waals surface area contributed by atoms with Crippen LogP contribution in [0.25, 0.3) is 0 Å². The van der Waals surface area contributed by atoms with E-state index in [-0.39, 0.29) is 12.0 Å². The number of hydrogen-bond acceptors (Lipinski definition) is 4. The fourth-order valence-electron chi connectivity index (χ4n) is 1.80.